The highest BCUT2D eigenvalue weighted by Gasteiger charge is 2.23. The monoisotopic (exact) mass is 267 g/mol. The van der Waals surface area contributed by atoms with Crippen LogP contribution >= 0.6 is 11.6 Å². The smallest absolute Gasteiger partial charge is 0.0446 e. The number of halogens is 1. The van der Waals surface area contributed by atoms with Crippen molar-refractivity contribution in [2.45, 2.75) is 52.9 Å². The number of nitrogens with one attached hydrogen (secondary N) is 1. The van der Waals surface area contributed by atoms with Crippen LogP contribution in [0.3, 0.4) is 0 Å². The zero-order valence-corrected chi connectivity index (χ0v) is 13.1. The number of benzene rings is 1. The summed E-state index contributed by atoms with van der Waals surface area (Å²) in [6.07, 6.45) is 2.29. The summed E-state index contributed by atoms with van der Waals surface area (Å²) < 4.78 is 0. The largest absolute Gasteiger partial charge is 0.317 e. The number of hydrogen-bond acceptors (Lipinski definition) is 1. The zero-order chi connectivity index (χ0) is 13.8. The van der Waals surface area contributed by atoms with Gasteiger partial charge in [0, 0.05) is 5.02 Å². The summed E-state index contributed by atoms with van der Waals surface area (Å²) in [6.45, 7) is 13.1. The van der Waals surface area contributed by atoms with Crippen molar-refractivity contribution in [3.63, 3.8) is 0 Å². The minimum absolute atomic E-state index is 0.121. The van der Waals surface area contributed by atoms with E-state index in [1.54, 1.807) is 0 Å². The van der Waals surface area contributed by atoms with Crippen LogP contribution in [-0.2, 0) is 5.41 Å². The second-order valence-corrected chi connectivity index (χ2v) is 6.21. The van der Waals surface area contributed by atoms with Crippen LogP contribution in [0.5, 0.6) is 0 Å². The van der Waals surface area contributed by atoms with E-state index in [4.69, 9.17) is 11.6 Å². The van der Waals surface area contributed by atoms with E-state index in [1.807, 2.05) is 0 Å². The van der Waals surface area contributed by atoms with Crippen LogP contribution in [0.4, 0.5) is 0 Å². The van der Waals surface area contributed by atoms with Crippen molar-refractivity contribution < 1.29 is 0 Å². The van der Waals surface area contributed by atoms with Gasteiger partial charge >= 0.3 is 0 Å². The summed E-state index contributed by atoms with van der Waals surface area (Å²) in [7, 11) is 0. The second kappa shape index (κ2) is 6.58. The van der Waals surface area contributed by atoms with Gasteiger partial charge in [0.05, 0.1) is 0 Å². The molecule has 1 rings (SSSR count). The summed E-state index contributed by atoms with van der Waals surface area (Å²) >= 11 is 6.41. The Bertz CT molecular complexity index is 396. The molecule has 0 bridgehead atoms. The normalized spacial score (nSPS) is 11.9. The Hall–Kier alpha value is -0.530. The molecule has 2 heteroatoms. The van der Waals surface area contributed by atoms with Crippen LogP contribution in [0.15, 0.2) is 12.1 Å². The lowest BCUT2D eigenvalue weighted by atomic mass is 9.80. The number of aryl methyl sites for hydroxylation is 2. The Balaban J connectivity index is 2.80. The summed E-state index contributed by atoms with van der Waals surface area (Å²) in [4.78, 5) is 0. The van der Waals surface area contributed by atoms with Gasteiger partial charge in [-0.2, -0.15) is 0 Å². The van der Waals surface area contributed by atoms with E-state index in [1.165, 1.54) is 23.1 Å². The first-order valence-electron chi connectivity index (χ1n) is 6.86. The lowest BCUT2D eigenvalue weighted by Crippen LogP contribution is -2.26. The quantitative estimate of drug-likeness (QED) is 0.742. The van der Waals surface area contributed by atoms with Gasteiger partial charge in [-0.3, -0.25) is 0 Å². The van der Waals surface area contributed by atoms with Gasteiger partial charge in [-0.05, 0) is 68.0 Å². The molecule has 0 heterocycles. The van der Waals surface area contributed by atoms with Crippen molar-refractivity contribution in [2.24, 2.45) is 0 Å². The summed E-state index contributed by atoms with van der Waals surface area (Å²) in [5, 5.41) is 4.36. The van der Waals surface area contributed by atoms with Crippen LogP contribution in [0, 0.1) is 13.8 Å². The Morgan fingerprint density at radius 3 is 2.33 bits per heavy atom. The third kappa shape index (κ3) is 4.00. The fourth-order valence-electron chi connectivity index (χ4n) is 2.14. The SMILES string of the molecule is CCCNCCC(C)(C)c1cc(C)c(C)cc1Cl. The van der Waals surface area contributed by atoms with Crippen LogP contribution < -0.4 is 5.32 Å². The van der Waals surface area contributed by atoms with E-state index in [0.717, 1.165) is 24.5 Å². The van der Waals surface area contributed by atoms with Crippen LogP contribution in [-0.4, -0.2) is 13.1 Å². The molecule has 0 aromatic heterocycles. The standard InChI is InChI=1S/C16H26ClN/c1-6-8-18-9-7-16(4,5)14-10-12(2)13(3)11-15(14)17/h10-11,18H,6-9H2,1-5H3. The van der Waals surface area contributed by atoms with E-state index >= 15 is 0 Å². The predicted molar refractivity (Wildman–Crippen MR) is 81.7 cm³/mol. The third-order valence-electron chi connectivity index (χ3n) is 3.67. The molecule has 0 aliphatic heterocycles. The molecule has 0 spiro atoms. The molecule has 1 nitrogen and oxygen atoms in total. The van der Waals surface area contributed by atoms with Crippen molar-refractivity contribution in [3.05, 3.63) is 33.8 Å². The van der Waals surface area contributed by atoms with Gasteiger partial charge in [-0.25, -0.2) is 0 Å². The molecule has 0 aliphatic carbocycles. The lowest BCUT2D eigenvalue weighted by Gasteiger charge is -2.27. The molecule has 102 valence electrons. The van der Waals surface area contributed by atoms with E-state index < -0.39 is 0 Å². The molecule has 0 saturated carbocycles. The van der Waals surface area contributed by atoms with Gasteiger partial charge in [0.25, 0.3) is 0 Å². The molecule has 1 aromatic carbocycles. The lowest BCUT2D eigenvalue weighted by molar-refractivity contribution is 0.457. The van der Waals surface area contributed by atoms with Gasteiger partial charge in [-0.15, -0.1) is 0 Å². The Kier molecular flexibility index (Phi) is 5.68. The Morgan fingerprint density at radius 2 is 1.72 bits per heavy atom. The van der Waals surface area contributed by atoms with Gasteiger partial charge in [0.15, 0.2) is 0 Å². The van der Waals surface area contributed by atoms with Gasteiger partial charge in [0.1, 0.15) is 0 Å². The molecule has 0 amide bonds. The molecule has 0 unspecified atom stereocenters. The predicted octanol–water partition coefficient (Wildman–Crippen LogP) is 4.62. The Labute approximate surface area is 117 Å². The summed E-state index contributed by atoms with van der Waals surface area (Å²) in [5.74, 6) is 0. The zero-order valence-electron chi connectivity index (χ0n) is 12.4. The first-order chi connectivity index (χ1) is 8.38. The minimum Gasteiger partial charge on any atom is -0.317 e. The maximum Gasteiger partial charge on any atom is 0.0446 e. The molecular weight excluding hydrogens is 242 g/mol. The van der Waals surface area contributed by atoms with E-state index in [9.17, 15) is 0 Å². The van der Waals surface area contributed by atoms with Gasteiger partial charge < -0.3 is 5.32 Å². The fourth-order valence-corrected chi connectivity index (χ4v) is 2.61. The average Bonchev–Trinajstić information content (AvgIpc) is 2.29. The highest BCUT2D eigenvalue weighted by atomic mass is 35.5. The second-order valence-electron chi connectivity index (χ2n) is 5.80. The van der Waals surface area contributed by atoms with Crippen molar-refractivity contribution in [1.82, 2.24) is 5.32 Å². The van der Waals surface area contributed by atoms with Crippen molar-refractivity contribution in [3.8, 4) is 0 Å². The third-order valence-corrected chi connectivity index (χ3v) is 3.98. The van der Waals surface area contributed by atoms with Crippen LogP contribution in [0.2, 0.25) is 5.02 Å². The number of rotatable bonds is 6. The molecule has 0 aliphatic rings. The maximum atomic E-state index is 6.41. The van der Waals surface area contributed by atoms with Crippen LogP contribution in [0.1, 0.15) is 50.3 Å². The molecule has 1 aromatic rings. The maximum absolute atomic E-state index is 6.41. The molecule has 0 fully saturated rings. The van der Waals surface area contributed by atoms with E-state index in [2.05, 4.69) is 52.1 Å². The molecule has 1 N–H and O–H groups in total. The van der Waals surface area contributed by atoms with Gasteiger partial charge in [0.2, 0.25) is 0 Å². The molecule has 0 radical (unpaired) electrons. The van der Waals surface area contributed by atoms with E-state index in [-0.39, 0.29) is 5.41 Å². The Morgan fingerprint density at radius 1 is 1.11 bits per heavy atom. The van der Waals surface area contributed by atoms with Crippen molar-refractivity contribution >= 4 is 11.6 Å². The minimum atomic E-state index is 0.121. The van der Waals surface area contributed by atoms with Crippen molar-refractivity contribution in [2.75, 3.05) is 13.1 Å². The summed E-state index contributed by atoms with van der Waals surface area (Å²) in [6, 6.07) is 4.34. The molecule has 18 heavy (non-hydrogen) atoms. The topological polar surface area (TPSA) is 12.0 Å². The highest BCUT2D eigenvalue weighted by Crippen LogP contribution is 2.34. The number of hydrogen-bond donors (Lipinski definition) is 1. The molecule has 0 saturated heterocycles. The van der Waals surface area contributed by atoms with Crippen molar-refractivity contribution in [1.29, 1.82) is 0 Å². The first kappa shape index (κ1) is 15.5. The highest BCUT2D eigenvalue weighted by molar-refractivity contribution is 6.31. The van der Waals surface area contributed by atoms with Crippen LogP contribution in [0.25, 0.3) is 0 Å². The average molecular weight is 268 g/mol. The molecule has 0 atom stereocenters. The summed E-state index contributed by atoms with van der Waals surface area (Å²) in [5.41, 5.74) is 3.98. The fraction of sp³-hybridized carbons (Fsp3) is 0.625. The first-order valence-corrected chi connectivity index (χ1v) is 7.24. The molecular formula is C16H26ClN. The van der Waals surface area contributed by atoms with Gasteiger partial charge in [-0.1, -0.05) is 38.4 Å². The van der Waals surface area contributed by atoms with E-state index in [0.29, 0.717) is 0 Å².